The molecule has 1 unspecified atom stereocenters. The van der Waals surface area contributed by atoms with Crippen molar-refractivity contribution in [2.75, 3.05) is 44.7 Å². The molecule has 0 spiro atoms. The molecule has 6 heteroatoms. The SMILES string of the molecule is COc1cccc(N2C(=O)CC(N3CCN(C/C=C/c4ccccc4)CC3)C2=O)c1. The molecule has 2 aromatic carbocycles. The molecule has 0 aliphatic carbocycles. The van der Waals surface area contributed by atoms with E-state index in [4.69, 9.17) is 4.74 Å². The zero-order valence-corrected chi connectivity index (χ0v) is 17.2. The van der Waals surface area contributed by atoms with Gasteiger partial charge in [-0.05, 0) is 17.7 Å². The molecular formula is C24H27N3O3. The fourth-order valence-electron chi connectivity index (χ4n) is 4.08. The average molecular weight is 405 g/mol. The highest BCUT2D eigenvalue weighted by Gasteiger charge is 2.43. The highest BCUT2D eigenvalue weighted by atomic mass is 16.5. The van der Waals surface area contributed by atoms with Crippen LogP contribution in [0.1, 0.15) is 12.0 Å². The first kappa shape index (κ1) is 20.3. The number of hydrogen-bond donors (Lipinski definition) is 0. The van der Waals surface area contributed by atoms with Crippen molar-refractivity contribution in [2.45, 2.75) is 12.5 Å². The monoisotopic (exact) mass is 405 g/mol. The third kappa shape index (κ3) is 4.45. The zero-order chi connectivity index (χ0) is 20.9. The Morgan fingerprint density at radius 3 is 2.50 bits per heavy atom. The number of ether oxygens (including phenoxy) is 1. The van der Waals surface area contributed by atoms with Crippen LogP contribution in [0.3, 0.4) is 0 Å². The van der Waals surface area contributed by atoms with Gasteiger partial charge in [-0.3, -0.25) is 19.4 Å². The third-order valence-electron chi connectivity index (χ3n) is 5.76. The van der Waals surface area contributed by atoms with Crippen LogP contribution in [-0.4, -0.2) is 67.5 Å². The minimum atomic E-state index is -0.370. The van der Waals surface area contributed by atoms with Crippen LogP contribution in [0.4, 0.5) is 5.69 Å². The van der Waals surface area contributed by atoms with Crippen molar-refractivity contribution in [3.63, 3.8) is 0 Å². The van der Waals surface area contributed by atoms with E-state index in [-0.39, 0.29) is 24.3 Å². The Balaban J connectivity index is 1.33. The second-order valence-electron chi connectivity index (χ2n) is 7.64. The van der Waals surface area contributed by atoms with E-state index >= 15 is 0 Å². The molecule has 0 saturated carbocycles. The number of anilines is 1. The van der Waals surface area contributed by atoms with Crippen molar-refractivity contribution in [3.8, 4) is 5.75 Å². The van der Waals surface area contributed by atoms with Crippen molar-refractivity contribution in [1.82, 2.24) is 9.80 Å². The van der Waals surface area contributed by atoms with Crippen LogP contribution >= 0.6 is 0 Å². The largest absolute Gasteiger partial charge is 0.497 e. The van der Waals surface area contributed by atoms with Gasteiger partial charge in [-0.25, -0.2) is 4.90 Å². The summed E-state index contributed by atoms with van der Waals surface area (Å²) in [5, 5.41) is 0. The summed E-state index contributed by atoms with van der Waals surface area (Å²) in [6.45, 7) is 4.23. The highest BCUT2D eigenvalue weighted by molar-refractivity contribution is 6.22. The number of amides is 2. The maximum atomic E-state index is 13.0. The second-order valence-corrected chi connectivity index (χ2v) is 7.64. The lowest BCUT2D eigenvalue weighted by molar-refractivity contribution is -0.123. The molecule has 2 saturated heterocycles. The van der Waals surface area contributed by atoms with E-state index in [0.717, 1.165) is 32.7 Å². The molecule has 2 heterocycles. The van der Waals surface area contributed by atoms with E-state index in [1.807, 2.05) is 18.2 Å². The Bertz CT molecular complexity index is 920. The summed E-state index contributed by atoms with van der Waals surface area (Å²) < 4.78 is 5.23. The maximum Gasteiger partial charge on any atom is 0.251 e. The van der Waals surface area contributed by atoms with Gasteiger partial charge in [-0.2, -0.15) is 0 Å². The lowest BCUT2D eigenvalue weighted by Crippen LogP contribution is -2.52. The molecule has 6 nitrogen and oxygen atoms in total. The number of methoxy groups -OCH3 is 1. The molecule has 2 fully saturated rings. The lowest BCUT2D eigenvalue weighted by atomic mass is 10.1. The number of piperazine rings is 1. The van der Waals surface area contributed by atoms with Crippen molar-refractivity contribution < 1.29 is 14.3 Å². The van der Waals surface area contributed by atoms with Gasteiger partial charge in [0, 0.05) is 38.8 Å². The summed E-state index contributed by atoms with van der Waals surface area (Å²) in [6, 6.07) is 17.0. The Hall–Kier alpha value is -2.96. The van der Waals surface area contributed by atoms with Gasteiger partial charge in [0.2, 0.25) is 5.91 Å². The third-order valence-corrected chi connectivity index (χ3v) is 5.76. The fourth-order valence-corrected chi connectivity index (χ4v) is 4.08. The Morgan fingerprint density at radius 2 is 1.77 bits per heavy atom. The number of rotatable bonds is 6. The zero-order valence-electron chi connectivity index (χ0n) is 17.2. The summed E-state index contributed by atoms with van der Waals surface area (Å²) in [6.07, 6.45) is 4.56. The van der Waals surface area contributed by atoms with Crippen molar-refractivity contribution >= 4 is 23.6 Å². The molecule has 2 aromatic rings. The van der Waals surface area contributed by atoms with Crippen molar-refractivity contribution in [1.29, 1.82) is 0 Å². The predicted octanol–water partition coefficient (Wildman–Crippen LogP) is 2.66. The molecule has 30 heavy (non-hydrogen) atoms. The van der Waals surface area contributed by atoms with E-state index in [1.165, 1.54) is 10.5 Å². The molecule has 1 atom stereocenters. The number of hydrogen-bond acceptors (Lipinski definition) is 5. The van der Waals surface area contributed by atoms with Crippen LogP contribution in [0.5, 0.6) is 5.75 Å². The van der Waals surface area contributed by atoms with Crippen LogP contribution in [0.15, 0.2) is 60.7 Å². The minimum absolute atomic E-state index is 0.134. The van der Waals surface area contributed by atoms with Gasteiger partial charge in [0.25, 0.3) is 5.91 Å². The molecule has 0 radical (unpaired) electrons. The number of imide groups is 1. The lowest BCUT2D eigenvalue weighted by Gasteiger charge is -2.36. The first-order valence-electron chi connectivity index (χ1n) is 10.3. The molecule has 156 valence electrons. The van der Waals surface area contributed by atoms with E-state index < -0.39 is 0 Å². The molecule has 2 aliphatic heterocycles. The number of benzene rings is 2. The quantitative estimate of drug-likeness (QED) is 0.692. The Morgan fingerprint density at radius 1 is 1.00 bits per heavy atom. The predicted molar refractivity (Wildman–Crippen MR) is 117 cm³/mol. The van der Waals surface area contributed by atoms with Gasteiger partial charge in [0.15, 0.2) is 0 Å². The summed E-state index contributed by atoms with van der Waals surface area (Å²) in [4.78, 5) is 31.5. The molecule has 2 amide bonds. The standard InChI is InChI=1S/C24H27N3O3/c1-30-21-11-5-10-20(17-21)27-23(28)18-22(24(27)29)26-15-13-25(14-16-26)12-6-9-19-7-3-2-4-8-19/h2-11,17,22H,12-16,18H2,1H3/b9-6+. The number of carbonyl (C=O) groups excluding carboxylic acids is 2. The van der Waals surface area contributed by atoms with Gasteiger partial charge in [-0.15, -0.1) is 0 Å². The fraction of sp³-hybridized carbons (Fsp3) is 0.333. The number of carbonyl (C=O) groups is 2. The van der Waals surface area contributed by atoms with Crippen LogP contribution in [0.2, 0.25) is 0 Å². The van der Waals surface area contributed by atoms with E-state index in [9.17, 15) is 9.59 Å². The van der Waals surface area contributed by atoms with E-state index in [2.05, 4.69) is 34.1 Å². The topological polar surface area (TPSA) is 53.1 Å². The summed E-state index contributed by atoms with van der Waals surface area (Å²) in [5.74, 6) is 0.353. The average Bonchev–Trinajstić information content (AvgIpc) is 3.09. The van der Waals surface area contributed by atoms with Crippen molar-refractivity contribution in [3.05, 3.63) is 66.2 Å². The van der Waals surface area contributed by atoms with Gasteiger partial charge in [0.05, 0.1) is 25.3 Å². The minimum Gasteiger partial charge on any atom is -0.497 e. The summed E-state index contributed by atoms with van der Waals surface area (Å²) in [5.41, 5.74) is 1.78. The summed E-state index contributed by atoms with van der Waals surface area (Å²) in [7, 11) is 1.57. The smallest absolute Gasteiger partial charge is 0.251 e. The van der Waals surface area contributed by atoms with Crippen LogP contribution in [0, 0.1) is 0 Å². The molecular weight excluding hydrogens is 378 g/mol. The van der Waals surface area contributed by atoms with Gasteiger partial charge < -0.3 is 4.74 Å². The van der Waals surface area contributed by atoms with Crippen LogP contribution < -0.4 is 9.64 Å². The van der Waals surface area contributed by atoms with E-state index in [1.54, 1.807) is 31.4 Å². The first-order valence-corrected chi connectivity index (χ1v) is 10.3. The normalized spacial score (nSPS) is 21.0. The Labute approximate surface area is 177 Å². The second kappa shape index (κ2) is 9.24. The van der Waals surface area contributed by atoms with Gasteiger partial charge in [-0.1, -0.05) is 48.6 Å². The van der Waals surface area contributed by atoms with Crippen LogP contribution in [-0.2, 0) is 9.59 Å². The summed E-state index contributed by atoms with van der Waals surface area (Å²) >= 11 is 0. The molecule has 4 rings (SSSR count). The van der Waals surface area contributed by atoms with Crippen LogP contribution in [0.25, 0.3) is 6.08 Å². The van der Waals surface area contributed by atoms with Gasteiger partial charge >= 0.3 is 0 Å². The van der Waals surface area contributed by atoms with E-state index in [0.29, 0.717) is 11.4 Å². The Kier molecular flexibility index (Phi) is 6.26. The molecule has 2 aliphatic rings. The van der Waals surface area contributed by atoms with Crippen molar-refractivity contribution in [2.24, 2.45) is 0 Å². The first-order chi connectivity index (χ1) is 14.7. The van der Waals surface area contributed by atoms with Gasteiger partial charge in [0.1, 0.15) is 5.75 Å². The number of nitrogens with zero attached hydrogens (tertiary/aromatic N) is 3. The molecule has 0 aromatic heterocycles. The maximum absolute atomic E-state index is 13.0. The highest BCUT2D eigenvalue weighted by Crippen LogP contribution is 2.28. The molecule has 0 bridgehead atoms. The molecule has 0 N–H and O–H groups in total.